The van der Waals surface area contributed by atoms with Crippen LogP contribution in [-0.2, 0) is 0 Å². The van der Waals surface area contributed by atoms with E-state index in [1.807, 2.05) is 0 Å². The number of Topliss-reactive ketones (excluding diaryl/α,β-unsaturated/α-hetero) is 1. The molecule has 0 saturated heterocycles. The van der Waals surface area contributed by atoms with E-state index in [1.165, 1.54) is 18.3 Å². The van der Waals surface area contributed by atoms with Gasteiger partial charge in [-0.3, -0.25) is 4.79 Å². The molecule has 0 saturated carbocycles. The standard InChI is InChI=1S/C18H18N2O4/c1-11-5-14(6-12(2)18(11)24)9-20-19-8-13-3-4-16(22)15(7-13)17(23)10-21/h3-9,21-22,24H,10H2,1-2H3. The Kier molecular flexibility index (Phi) is 5.44. The quantitative estimate of drug-likeness (QED) is 0.446. The summed E-state index contributed by atoms with van der Waals surface area (Å²) >= 11 is 0. The third-order valence-corrected chi connectivity index (χ3v) is 3.46. The van der Waals surface area contributed by atoms with Crippen molar-refractivity contribution in [3.05, 3.63) is 58.1 Å². The molecule has 0 aliphatic rings. The van der Waals surface area contributed by atoms with Crippen LogP contribution in [0.2, 0.25) is 0 Å². The number of aromatic hydroxyl groups is 2. The second-order valence-electron chi connectivity index (χ2n) is 5.35. The van der Waals surface area contributed by atoms with Gasteiger partial charge in [0, 0.05) is 0 Å². The van der Waals surface area contributed by atoms with Crippen LogP contribution in [0.25, 0.3) is 0 Å². The minimum absolute atomic E-state index is 0.0372. The molecular formula is C18H18N2O4. The van der Waals surface area contributed by atoms with E-state index in [2.05, 4.69) is 10.2 Å². The molecule has 6 nitrogen and oxygen atoms in total. The molecule has 0 radical (unpaired) electrons. The van der Waals surface area contributed by atoms with Crippen LogP contribution in [0.3, 0.4) is 0 Å². The first-order chi connectivity index (χ1) is 11.4. The average molecular weight is 326 g/mol. The number of aryl methyl sites for hydroxylation is 2. The molecule has 0 atom stereocenters. The monoisotopic (exact) mass is 326 g/mol. The number of carbonyl (C=O) groups excluding carboxylic acids is 1. The van der Waals surface area contributed by atoms with Crippen molar-refractivity contribution < 1.29 is 20.1 Å². The third kappa shape index (κ3) is 4.05. The van der Waals surface area contributed by atoms with E-state index in [1.54, 1.807) is 38.3 Å². The topological polar surface area (TPSA) is 102 Å². The number of phenols is 2. The van der Waals surface area contributed by atoms with E-state index in [4.69, 9.17) is 5.11 Å². The molecule has 6 heteroatoms. The minimum Gasteiger partial charge on any atom is -0.507 e. The summed E-state index contributed by atoms with van der Waals surface area (Å²) in [6.45, 7) is 2.93. The smallest absolute Gasteiger partial charge is 0.191 e. The molecule has 2 aromatic carbocycles. The number of benzene rings is 2. The summed E-state index contributed by atoms with van der Waals surface area (Å²) in [7, 11) is 0. The molecule has 2 aromatic rings. The Balaban J connectivity index is 2.16. The van der Waals surface area contributed by atoms with Gasteiger partial charge in [0.05, 0.1) is 18.0 Å². The van der Waals surface area contributed by atoms with Gasteiger partial charge >= 0.3 is 0 Å². The fourth-order valence-corrected chi connectivity index (χ4v) is 2.21. The molecule has 3 N–H and O–H groups in total. The highest BCUT2D eigenvalue weighted by Crippen LogP contribution is 2.22. The van der Waals surface area contributed by atoms with Gasteiger partial charge in [-0.05, 0) is 66.4 Å². The van der Waals surface area contributed by atoms with Crippen molar-refractivity contribution in [1.29, 1.82) is 0 Å². The maximum absolute atomic E-state index is 11.5. The van der Waals surface area contributed by atoms with Gasteiger partial charge in [-0.25, -0.2) is 0 Å². The SMILES string of the molecule is Cc1cc(C=NN=Cc2ccc(O)c(C(=O)CO)c2)cc(C)c1O. The number of aliphatic hydroxyl groups is 1. The predicted octanol–water partition coefficient (Wildman–Crippen LogP) is 2.34. The molecule has 0 heterocycles. The van der Waals surface area contributed by atoms with Crippen molar-refractivity contribution in [2.24, 2.45) is 10.2 Å². The zero-order valence-corrected chi connectivity index (χ0v) is 13.4. The summed E-state index contributed by atoms with van der Waals surface area (Å²) in [5.74, 6) is -0.494. The van der Waals surface area contributed by atoms with Gasteiger partial charge in [0.25, 0.3) is 0 Å². The first-order valence-electron chi connectivity index (χ1n) is 7.26. The highest BCUT2D eigenvalue weighted by atomic mass is 16.3. The second kappa shape index (κ2) is 7.52. The summed E-state index contributed by atoms with van der Waals surface area (Å²) in [6, 6.07) is 7.96. The first-order valence-corrected chi connectivity index (χ1v) is 7.26. The van der Waals surface area contributed by atoms with Crippen LogP contribution >= 0.6 is 0 Å². The summed E-state index contributed by atoms with van der Waals surface area (Å²) in [5.41, 5.74) is 2.93. The lowest BCUT2D eigenvalue weighted by Crippen LogP contribution is -2.05. The largest absolute Gasteiger partial charge is 0.507 e. The van der Waals surface area contributed by atoms with E-state index < -0.39 is 12.4 Å². The van der Waals surface area contributed by atoms with Gasteiger partial charge in [0.15, 0.2) is 5.78 Å². The Morgan fingerprint density at radius 1 is 1.00 bits per heavy atom. The van der Waals surface area contributed by atoms with Crippen molar-refractivity contribution >= 4 is 18.2 Å². The number of rotatable bonds is 5. The molecular weight excluding hydrogens is 308 g/mol. The lowest BCUT2D eigenvalue weighted by molar-refractivity contribution is 0.0901. The number of aliphatic hydroxyl groups excluding tert-OH is 1. The Morgan fingerprint density at radius 3 is 2.17 bits per heavy atom. The lowest BCUT2D eigenvalue weighted by atomic mass is 10.1. The maximum atomic E-state index is 11.5. The van der Waals surface area contributed by atoms with Crippen LogP contribution in [0.4, 0.5) is 0 Å². The van der Waals surface area contributed by atoms with E-state index in [0.717, 1.165) is 16.7 Å². The van der Waals surface area contributed by atoms with Crippen LogP contribution in [0.15, 0.2) is 40.5 Å². The van der Waals surface area contributed by atoms with Crippen LogP contribution in [-0.4, -0.2) is 40.1 Å². The maximum Gasteiger partial charge on any atom is 0.191 e. The number of hydrogen-bond donors (Lipinski definition) is 3. The molecule has 124 valence electrons. The zero-order chi connectivity index (χ0) is 17.7. The molecule has 0 amide bonds. The average Bonchev–Trinajstić information content (AvgIpc) is 2.57. The number of ketones is 1. The highest BCUT2D eigenvalue weighted by molar-refractivity contribution is 6.00. The Hall–Kier alpha value is -2.99. The normalized spacial score (nSPS) is 11.5. The highest BCUT2D eigenvalue weighted by Gasteiger charge is 2.10. The predicted molar refractivity (Wildman–Crippen MR) is 92.3 cm³/mol. The zero-order valence-electron chi connectivity index (χ0n) is 13.4. The van der Waals surface area contributed by atoms with Crippen molar-refractivity contribution in [2.45, 2.75) is 13.8 Å². The summed E-state index contributed by atoms with van der Waals surface area (Å²) < 4.78 is 0. The molecule has 24 heavy (non-hydrogen) atoms. The van der Waals surface area contributed by atoms with Crippen LogP contribution < -0.4 is 0 Å². The number of carbonyl (C=O) groups is 1. The van der Waals surface area contributed by atoms with Crippen LogP contribution in [0, 0.1) is 13.8 Å². The van der Waals surface area contributed by atoms with Crippen LogP contribution in [0.5, 0.6) is 11.5 Å². The molecule has 0 aliphatic carbocycles. The Morgan fingerprint density at radius 2 is 1.58 bits per heavy atom. The molecule has 0 bridgehead atoms. The molecule has 0 aromatic heterocycles. The van der Waals surface area contributed by atoms with Gasteiger partial charge in [-0.15, -0.1) is 0 Å². The van der Waals surface area contributed by atoms with E-state index in [0.29, 0.717) is 5.56 Å². The molecule has 0 aliphatic heterocycles. The molecule has 0 fully saturated rings. The molecule has 0 spiro atoms. The second-order valence-corrected chi connectivity index (χ2v) is 5.35. The Bertz CT molecular complexity index is 803. The lowest BCUT2D eigenvalue weighted by Gasteiger charge is -2.03. The van der Waals surface area contributed by atoms with Gasteiger partial charge in [-0.2, -0.15) is 10.2 Å². The van der Waals surface area contributed by atoms with Gasteiger partial charge in [0.1, 0.15) is 18.1 Å². The van der Waals surface area contributed by atoms with Gasteiger partial charge in [-0.1, -0.05) is 0 Å². The molecule has 0 unspecified atom stereocenters. The third-order valence-electron chi connectivity index (χ3n) is 3.46. The number of phenolic OH excluding ortho intramolecular Hbond substituents is 2. The van der Waals surface area contributed by atoms with Crippen molar-refractivity contribution in [3.63, 3.8) is 0 Å². The summed E-state index contributed by atoms with van der Waals surface area (Å²) in [6.07, 6.45) is 2.99. The number of hydrogen-bond acceptors (Lipinski definition) is 6. The fourth-order valence-electron chi connectivity index (χ4n) is 2.21. The Labute approximate surface area is 139 Å². The molecule has 2 rings (SSSR count). The van der Waals surface area contributed by atoms with E-state index >= 15 is 0 Å². The summed E-state index contributed by atoms with van der Waals surface area (Å²) in [4.78, 5) is 11.5. The van der Waals surface area contributed by atoms with Crippen molar-refractivity contribution in [1.82, 2.24) is 0 Å². The fraction of sp³-hybridized carbons (Fsp3) is 0.167. The first kappa shape index (κ1) is 17.4. The summed E-state index contributed by atoms with van der Waals surface area (Å²) in [5, 5.41) is 36.0. The van der Waals surface area contributed by atoms with Crippen LogP contribution in [0.1, 0.15) is 32.6 Å². The van der Waals surface area contributed by atoms with E-state index in [9.17, 15) is 15.0 Å². The van der Waals surface area contributed by atoms with Gasteiger partial charge < -0.3 is 15.3 Å². The van der Waals surface area contributed by atoms with Crippen molar-refractivity contribution in [2.75, 3.05) is 6.61 Å². The number of nitrogens with zero attached hydrogens (tertiary/aromatic N) is 2. The van der Waals surface area contributed by atoms with Crippen molar-refractivity contribution in [3.8, 4) is 11.5 Å². The van der Waals surface area contributed by atoms with Gasteiger partial charge in [0.2, 0.25) is 0 Å². The minimum atomic E-state index is -0.675. The van der Waals surface area contributed by atoms with E-state index in [-0.39, 0.29) is 17.1 Å².